The van der Waals surface area contributed by atoms with Gasteiger partial charge in [-0.05, 0) is 37.0 Å². The quantitative estimate of drug-likeness (QED) is 0.729. The largest absolute Gasteiger partial charge is 0.377 e. The van der Waals surface area contributed by atoms with E-state index in [1.165, 1.54) is 40.4 Å². The van der Waals surface area contributed by atoms with Crippen LogP contribution < -0.4 is 5.32 Å². The van der Waals surface area contributed by atoms with Crippen molar-refractivity contribution in [2.75, 3.05) is 13.2 Å². The van der Waals surface area contributed by atoms with E-state index < -0.39 is 0 Å². The van der Waals surface area contributed by atoms with E-state index in [2.05, 4.69) is 71.5 Å². The molecule has 1 aliphatic rings. The number of para-hydroxylation sites is 1. The van der Waals surface area contributed by atoms with Gasteiger partial charge < -0.3 is 14.6 Å². The van der Waals surface area contributed by atoms with Crippen molar-refractivity contribution in [3.8, 4) is 0 Å². The Morgan fingerprint density at radius 3 is 2.76 bits per heavy atom. The number of aryl methyl sites for hydroxylation is 1. The molecule has 1 aliphatic heterocycles. The highest BCUT2D eigenvalue weighted by atomic mass is 16.5. The zero-order chi connectivity index (χ0) is 17.1. The van der Waals surface area contributed by atoms with Crippen LogP contribution in [-0.2, 0) is 17.8 Å². The normalized spacial score (nSPS) is 17.4. The van der Waals surface area contributed by atoms with Crippen molar-refractivity contribution >= 4 is 10.9 Å². The molecule has 0 aliphatic carbocycles. The molecule has 3 aromatic rings. The monoisotopic (exact) mass is 334 g/mol. The van der Waals surface area contributed by atoms with Crippen molar-refractivity contribution in [1.29, 1.82) is 0 Å². The van der Waals surface area contributed by atoms with Crippen molar-refractivity contribution in [1.82, 2.24) is 9.88 Å². The maximum absolute atomic E-state index is 5.70. The Balaban J connectivity index is 1.52. The summed E-state index contributed by atoms with van der Waals surface area (Å²) in [7, 11) is 0. The van der Waals surface area contributed by atoms with Gasteiger partial charge in [-0.1, -0.05) is 48.0 Å². The lowest BCUT2D eigenvalue weighted by molar-refractivity contribution is 0.110. The fourth-order valence-corrected chi connectivity index (χ4v) is 3.66. The summed E-state index contributed by atoms with van der Waals surface area (Å²) in [6.07, 6.45) is 5.07. The van der Waals surface area contributed by atoms with Gasteiger partial charge in [0.1, 0.15) is 0 Å². The molecule has 0 bridgehead atoms. The van der Waals surface area contributed by atoms with E-state index >= 15 is 0 Å². The summed E-state index contributed by atoms with van der Waals surface area (Å²) < 4.78 is 8.07. The predicted molar refractivity (Wildman–Crippen MR) is 103 cm³/mol. The number of hydrogen-bond donors (Lipinski definition) is 1. The summed E-state index contributed by atoms with van der Waals surface area (Å²) in [5.74, 6) is 0. The first kappa shape index (κ1) is 16.4. The van der Waals surface area contributed by atoms with Crippen LogP contribution in [-0.4, -0.2) is 23.8 Å². The minimum absolute atomic E-state index is 0.390. The van der Waals surface area contributed by atoms with Crippen LogP contribution in [0.2, 0.25) is 0 Å². The van der Waals surface area contributed by atoms with Crippen LogP contribution in [0.1, 0.15) is 29.5 Å². The highest BCUT2D eigenvalue weighted by molar-refractivity contribution is 5.84. The first-order valence-electron chi connectivity index (χ1n) is 9.24. The van der Waals surface area contributed by atoms with Crippen LogP contribution >= 0.6 is 0 Å². The number of aromatic nitrogens is 1. The summed E-state index contributed by atoms with van der Waals surface area (Å²) in [4.78, 5) is 0. The molecule has 3 nitrogen and oxygen atoms in total. The van der Waals surface area contributed by atoms with Crippen molar-refractivity contribution in [3.05, 3.63) is 71.4 Å². The first-order chi connectivity index (χ1) is 12.3. The second-order valence-corrected chi connectivity index (χ2v) is 7.05. The van der Waals surface area contributed by atoms with Crippen LogP contribution in [0.25, 0.3) is 10.9 Å². The lowest BCUT2D eigenvalue weighted by Crippen LogP contribution is -2.25. The molecule has 1 saturated heterocycles. The molecular formula is C22H26N2O. The molecule has 1 fully saturated rings. The standard InChI is InChI=1S/C22H26N2O/c1-17-8-10-18(11-9-17)15-24-16-19(21-6-2-3-7-22(21)24)13-23-14-20-5-4-12-25-20/h2-3,6-11,16,20,23H,4-5,12-15H2,1H3/t20-/m0/s1. The number of nitrogens with zero attached hydrogens (tertiary/aromatic N) is 1. The molecule has 130 valence electrons. The van der Waals surface area contributed by atoms with Gasteiger partial charge in [0.2, 0.25) is 0 Å². The van der Waals surface area contributed by atoms with Gasteiger partial charge in [-0.3, -0.25) is 0 Å². The molecule has 1 atom stereocenters. The smallest absolute Gasteiger partial charge is 0.0700 e. The lowest BCUT2D eigenvalue weighted by Gasteiger charge is -2.10. The van der Waals surface area contributed by atoms with Gasteiger partial charge in [0.05, 0.1) is 6.10 Å². The maximum Gasteiger partial charge on any atom is 0.0700 e. The zero-order valence-electron chi connectivity index (χ0n) is 14.9. The van der Waals surface area contributed by atoms with Crippen LogP contribution in [0.15, 0.2) is 54.7 Å². The minimum atomic E-state index is 0.390. The fourth-order valence-electron chi connectivity index (χ4n) is 3.66. The second-order valence-electron chi connectivity index (χ2n) is 7.05. The molecule has 1 N–H and O–H groups in total. The average molecular weight is 334 g/mol. The van der Waals surface area contributed by atoms with Crippen molar-refractivity contribution < 1.29 is 4.74 Å². The van der Waals surface area contributed by atoms with Gasteiger partial charge in [0.15, 0.2) is 0 Å². The number of fused-ring (bicyclic) bond motifs is 1. The van der Waals surface area contributed by atoms with Crippen molar-refractivity contribution in [2.45, 2.75) is 39.0 Å². The molecule has 0 saturated carbocycles. The third-order valence-electron chi connectivity index (χ3n) is 5.06. The molecule has 2 heterocycles. The van der Waals surface area contributed by atoms with E-state index in [9.17, 15) is 0 Å². The van der Waals surface area contributed by atoms with E-state index in [-0.39, 0.29) is 0 Å². The van der Waals surface area contributed by atoms with Gasteiger partial charge in [-0.25, -0.2) is 0 Å². The third-order valence-corrected chi connectivity index (χ3v) is 5.06. The van der Waals surface area contributed by atoms with E-state index in [1.54, 1.807) is 0 Å². The maximum atomic E-state index is 5.70. The molecule has 1 aromatic heterocycles. The van der Waals surface area contributed by atoms with Gasteiger partial charge in [-0.15, -0.1) is 0 Å². The van der Waals surface area contributed by atoms with Crippen molar-refractivity contribution in [3.63, 3.8) is 0 Å². The average Bonchev–Trinajstić information content (AvgIpc) is 3.26. The molecule has 4 rings (SSSR count). The Morgan fingerprint density at radius 2 is 1.96 bits per heavy atom. The van der Waals surface area contributed by atoms with E-state index in [1.807, 2.05) is 0 Å². The number of benzene rings is 2. The minimum Gasteiger partial charge on any atom is -0.377 e. The Hall–Kier alpha value is -2.10. The Morgan fingerprint density at radius 1 is 1.12 bits per heavy atom. The number of hydrogen-bond acceptors (Lipinski definition) is 2. The van der Waals surface area contributed by atoms with Gasteiger partial charge in [-0.2, -0.15) is 0 Å². The van der Waals surface area contributed by atoms with E-state index in [0.29, 0.717) is 6.10 Å². The van der Waals surface area contributed by atoms with Crippen LogP contribution in [0.4, 0.5) is 0 Å². The highest BCUT2D eigenvalue weighted by Gasteiger charge is 2.15. The summed E-state index contributed by atoms with van der Waals surface area (Å²) in [5, 5.41) is 4.92. The summed E-state index contributed by atoms with van der Waals surface area (Å²) >= 11 is 0. The molecule has 0 spiro atoms. The predicted octanol–water partition coefficient (Wildman–Crippen LogP) is 4.27. The lowest BCUT2D eigenvalue weighted by atomic mass is 10.1. The van der Waals surface area contributed by atoms with Gasteiger partial charge >= 0.3 is 0 Å². The Bertz CT molecular complexity index is 829. The Kier molecular flexibility index (Phi) is 4.86. The number of ether oxygens (including phenoxy) is 1. The van der Waals surface area contributed by atoms with Crippen LogP contribution in [0.5, 0.6) is 0 Å². The van der Waals surface area contributed by atoms with Crippen LogP contribution in [0.3, 0.4) is 0 Å². The number of rotatable bonds is 6. The third kappa shape index (κ3) is 3.78. The summed E-state index contributed by atoms with van der Waals surface area (Å²) in [5.41, 5.74) is 5.31. The topological polar surface area (TPSA) is 26.2 Å². The molecule has 0 unspecified atom stereocenters. The van der Waals surface area contributed by atoms with E-state index in [0.717, 1.165) is 26.2 Å². The highest BCUT2D eigenvalue weighted by Crippen LogP contribution is 2.23. The molecule has 25 heavy (non-hydrogen) atoms. The van der Waals surface area contributed by atoms with Crippen molar-refractivity contribution in [2.24, 2.45) is 0 Å². The second kappa shape index (κ2) is 7.42. The molecule has 0 amide bonds. The fraction of sp³-hybridized carbons (Fsp3) is 0.364. The first-order valence-corrected chi connectivity index (χ1v) is 9.24. The summed E-state index contributed by atoms with van der Waals surface area (Å²) in [6, 6.07) is 17.5. The molecule has 2 aromatic carbocycles. The molecule has 0 radical (unpaired) electrons. The van der Waals surface area contributed by atoms with Gasteiger partial charge in [0, 0.05) is 43.3 Å². The zero-order valence-corrected chi connectivity index (χ0v) is 14.9. The Labute approximate surface area is 149 Å². The van der Waals surface area contributed by atoms with Crippen LogP contribution in [0, 0.1) is 6.92 Å². The van der Waals surface area contributed by atoms with Gasteiger partial charge in [0.25, 0.3) is 0 Å². The molecule has 3 heteroatoms. The molecular weight excluding hydrogens is 308 g/mol. The van der Waals surface area contributed by atoms with E-state index in [4.69, 9.17) is 4.74 Å². The summed E-state index contributed by atoms with van der Waals surface area (Å²) in [6.45, 7) is 5.79. The SMILES string of the molecule is Cc1ccc(Cn2cc(CNC[C@@H]3CCCO3)c3ccccc32)cc1. The number of nitrogens with one attached hydrogen (secondary N) is 1.